The van der Waals surface area contributed by atoms with E-state index in [0.717, 1.165) is 61.5 Å². The normalized spacial score (nSPS) is 14.9. The quantitative estimate of drug-likeness (QED) is 0.157. The molecular formula is C61H40N2O. The number of rotatable bonds is 6. The van der Waals surface area contributed by atoms with Crippen molar-refractivity contribution < 1.29 is 4.42 Å². The highest BCUT2D eigenvalue weighted by Gasteiger charge is 2.51. The van der Waals surface area contributed by atoms with Gasteiger partial charge in [-0.3, -0.25) is 0 Å². The minimum absolute atomic E-state index is 0.595. The van der Waals surface area contributed by atoms with Crippen LogP contribution in [0.1, 0.15) is 39.1 Å². The van der Waals surface area contributed by atoms with E-state index in [1.165, 1.54) is 60.9 Å². The van der Waals surface area contributed by atoms with Crippen LogP contribution in [0.3, 0.4) is 0 Å². The Morgan fingerprint density at radius 3 is 2.03 bits per heavy atom. The summed E-state index contributed by atoms with van der Waals surface area (Å²) in [6.07, 6.45) is 8.64. The first kappa shape index (κ1) is 36.4. The summed E-state index contributed by atoms with van der Waals surface area (Å²) in [4.78, 5) is 5.53. The zero-order chi connectivity index (χ0) is 42.4. The Labute approximate surface area is 371 Å². The van der Waals surface area contributed by atoms with E-state index in [1.807, 2.05) is 19.1 Å². The number of aryl methyl sites for hydroxylation is 1. The van der Waals surface area contributed by atoms with Crippen LogP contribution in [0.4, 0.5) is 0 Å². The number of hydrogen-bond acceptors (Lipinski definition) is 2. The van der Waals surface area contributed by atoms with Gasteiger partial charge in [0.1, 0.15) is 11.3 Å². The number of nitrogens with zero attached hydrogens (tertiary/aromatic N) is 2. The van der Waals surface area contributed by atoms with Gasteiger partial charge in [0.15, 0.2) is 0 Å². The van der Waals surface area contributed by atoms with Crippen LogP contribution in [0.5, 0.6) is 0 Å². The molecule has 0 radical (unpaired) electrons. The van der Waals surface area contributed by atoms with Crippen molar-refractivity contribution >= 4 is 44.9 Å². The molecule has 1 aliphatic heterocycles. The van der Waals surface area contributed by atoms with E-state index in [2.05, 4.69) is 217 Å². The first-order valence-corrected chi connectivity index (χ1v) is 22.0. The van der Waals surface area contributed by atoms with E-state index in [0.29, 0.717) is 0 Å². The molecule has 1 atom stereocenters. The Morgan fingerprint density at radius 1 is 0.484 bits per heavy atom. The number of fused-ring (bicyclic) bond motifs is 13. The topological polar surface area (TPSA) is 31.0 Å². The summed E-state index contributed by atoms with van der Waals surface area (Å²) in [7, 11) is 0. The van der Waals surface area contributed by atoms with Crippen LogP contribution in [-0.2, 0) is 5.41 Å². The van der Waals surface area contributed by atoms with Gasteiger partial charge in [-0.15, -0.1) is 0 Å². The van der Waals surface area contributed by atoms with E-state index in [4.69, 9.17) is 9.40 Å². The second kappa shape index (κ2) is 14.1. The Kier molecular flexibility index (Phi) is 8.04. The van der Waals surface area contributed by atoms with Gasteiger partial charge in [0.2, 0.25) is 0 Å². The second-order valence-corrected chi connectivity index (χ2v) is 17.0. The van der Waals surface area contributed by atoms with Crippen LogP contribution in [0.2, 0.25) is 0 Å². The fourth-order valence-corrected chi connectivity index (χ4v) is 10.9. The summed E-state index contributed by atoms with van der Waals surface area (Å²) >= 11 is 0. The summed E-state index contributed by atoms with van der Waals surface area (Å²) in [6, 6.07) is 72.9. The van der Waals surface area contributed by atoms with Crippen molar-refractivity contribution in [2.24, 2.45) is 0 Å². The van der Waals surface area contributed by atoms with E-state index < -0.39 is 5.41 Å². The van der Waals surface area contributed by atoms with Gasteiger partial charge >= 0.3 is 0 Å². The van der Waals surface area contributed by atoms with Crippen LogP contribution in [0, 0.1) is 6.92 Å². The Balaban J connectivity index is 1.08. The van der Waals surface area contributed by atoms with E-state index in [9.17, 15) is 0 Å². The molecule has 2 aliphatic rings. The SMILES string of the molecule is Cc1oc2ccccc2c1/C=C\C=C\c1ccc2c(c1)-c1c(-c3cc(-c4ccccc4)cc(-c4ccccc4)n3)cccc1C21c2ccccc2-n2c3ccccc3c3cccc1c32. The van der Waals surface area contributed by atoms with Gasteiger partial charge in [0.25, 0.3) is 0 Å². The molecule has 300 valence electrons. The molecule has 11 aromatic rings. The number of benzene rings is 8. The van der Waals surface area contributed by atoms with Gasteiger partial charge in [0, 0.05) is 32.8 Å². The van der Waals surface area contributed by atoms with Crippen molar-refractivity contribution in [3.05, 3.63) is 251 Å². The van der Waals surface area contributed by atoms with Crippen molar-refractivity contribution in [3.8, 4) is 50.5 Å². The second-order valence-electron chi connectivity index (χ2n) is 17.0. The smallest absolute Gasteiger partial charge is 0.134 e. The number of pyridine rings is 1. The summed E-state index contributed by atoms with van der Waals surface area (Å²) in [5.41, 5.74) is 20.2. The maximum atomic E-state index is 6.07. The lowest BCUT2D eigenvalue weighted by Crippen LogP contribution is -2.33. The van der Waals surface area contributed by atoms with E-state index >= 15 is 0 Å². The average Bonchev–Trinajstić information content (AvgIpc) is 3.98. The number of para-hydroxylation sites is 4. The molecule has 1 spiro atoms. The number of aromatic nitrogens is 2. The van der Waals surface area contributed by atoms with Crippen LogP contribution >= 0.6 is 0 Å². The number of hydrogen-bond donors (Lipinski definition) is 0. The van der Waals surface area contributed by atoms with Gasteiger partial charge in [-0.05, 0) is 93.4 Å². The van der Waals surface area contributed by atoms with Gasteiger partial charge in [-0.25, -0.2) is 4.98 Å². The number of allylic oxidation sites excluding steroid dienone is 2. The zero-order valence-corrected chi connectivity index (χ0v) is 35.2. The first-order valence-electron chi connectivity index (χ1n) is 22.0. The van der Waals surface area contributed by atoms with E-state index in [-0.39, 0.29) is 0 Å². The molecule has 3 nitrogen and oxygen atoms in total. The first-order chi connectivity index (χ1) is 31.7. The Morgan fingerprint density at radius 2 is 1.16 bits per heavy atom. The summed E-state index contributed by atoms with van der Waals surface area (Å²) in [5.74, 6) is 0.917. The van der Waals surface area contributed by atoms with Crippen LogP contribution in [0.15, 0.2) is 217 Å². The average molecular weight is 817 g/mol. The maximum absolute atomic E-state index is 6.07. The molecule has 13 rings (SSSR count). The van der Waals surface area contributed by atoms with Crippen LogP contribution in [-0.4, -0.2) is 9.55 Å². The van der Waals surface area contributed by atoms with Gasteiger partial charge in [-0.1, -0.05) is 188 Å². The van der Waals surface area contributed by atoms with Crippen molar-refractivity contribution in [1.82, 2.24) is 9.55 Å². The van der Waals surface area contributed by atoms with E-state index in [1.54, 1.807) is 0 Å². The van der Waals surface area contributed by atoms with Gasteiger partial charge < -0.3 is 8.98 Å². The molecule has 3 heteroatoms. The third kappa shape index (κ3) is 5.25. The fraction of sp³-hybridized carbons (Fsp3) is 0.0328. The molecule has 0 saturated heterocycles. The lowest BCUT2D eigenvalue weighted by Gasteiger charge is -2.39. The molecule has 0 fully saturated rings. The monoisotopic (exact) mass is 816 g/mol. The lowest BCUT2D eigenvalue weighted by atomic mass is 9.65. The van der Waals surface area contributed by atoms with Crippen molar-refractivity contribution in [1.29, 1.82) is 0 Å². The molecule has 3 aromatic heterocycles. The predicted molar refractivity (Wildman–Crippen MR) is 265 cm³/mol. The summed E-state index contributed by atoms with van der Waals surface area (Å²) in [5, 5.41) is 3.66. The zero-order valence-electron chi connectivity index (χ0n) is 35.2. The highest BCUT2D eigenvalue weighted by molar-refractivity contribution is 6.13. The largest absolute Gasteiger partial charge is 0.461 e. The summed E-state index contributed by atoms with van der Waals surface area (Å²) < 4.78 is 8.58. The standard InChI is InChI=1S/C61H40N2O/c1-39-44(46-25-11-15-33-58(46)64-39)23-9-8-18-40-34-35-50-49(36-40)59-48(55-38-43(41-19-4-2-5-20-41)37-54(62-55)42-21-6-3-7-22-42)27-17-29-52(59)61(50)51-28-12-14-32-57(51)63-56-31-13-10-24-45(56)47-26-16-30-53(61)60(47)63/h2-38H,1H3/b18-8+,23-9-. The maximum Gasteiger partial charge on any atom is 0.134 e. The van der Waals surface area contributed by atoms with Crippen molar-refractivity contribution in [3.63, 3.8) is 0 Å². The molecule has 0 amide bonds. The molecular weight excluding hydrogens is 777 g/mol. The molecule has 0 N–H and O–H groups in total. The minimum atomic E-state index is -0.595. The molecule has 0 saturated carbocycles. The number of furan rings is 1. The third-order valence-electron chi connectivity index (χ3n) is 13.6. The Hall–Kier alpha value is -8.27. The van der Waals surface area contributed by atoms with Crippen molar-refractivity contribution in [2.75, 3.05) is 0 Å². The van der Waals surface area contributed by atoms with Crippen LogP contribution in [0.25, 0.3) is 95.4 Å². The lowest BCUT2D eigenvalue weighted by molar-refractivity contribution is 0.577. The fourth-order valence-electron chi connectivity index (χ4n) is 10.9. The van der Waals surface area contributed by atoms with Gasteiger partial charge in [0.05, 0.1) is 33.5 Å². The molecule has 0 bridgehead atoms. The molecule has 1 unspecified atom stereocenters. The van der Waals surface area contributed by atoms with Crippen molar-refractivity contribution in [2.45, 2.75) is 12.3 Å². The molecule has 4 heterocycles. The molecule has 64 heavy (non-hydrogen) atoms. The minimum Gasteiger partial charge on any atom is -0.461 e. The molecule has 1 aliphatic carbocycles. The summed E-state index contributed by atoms with van der Waals surface area (Å²) in [6.45, 7) is 2.03. The highest BCUT2D eigenvalue weighted by atomic mass is 16.3. The van der Waals surface area contributed by atoms with Crippen LogP contribution < -0.4 is 0 Å². The predicted octanol–water partition coefficient (Wildman–Crippen LogP) is 15.6. The van der Waals surface area contributed by atoms with Gasteiger partial charge in [-0.2, -0.15) is 0 Å². The highest BCUT2D eigenvalue weighted by Crippen LogP contribution is 2.62. The third-order valence-corrected chi connectivity index (χ3v) is 13.6. The Bertz CT molecular complexity index is 3680. The molecule has 8 aromatic carbocycles.